The van der Waals surface area contributed by atoms with Crippen LogP contribution in [0, 0.1) is 0 Å². The van der Waals surface area contributed by atoms with Gasteiger partial charge >= 0.3 is 11.9 Å². The van der Waals surface area contributed by atoms with Gasteiger partial charge in [-0.2, -0.15) is 17.0 Å². The molecule has 1 fully saturated rings. The van der Waals surface area contributed by atoms with Crippen molar-refractivity contribution in [3.63, 3.8) is 0 Å². The minimum Gasteiger partial charge on any atom is -0.480 e. The molecule has 110 valence electrons. The molecule has 1 aliphatic heterocycles. The quantitative estimate of drug-likeness (QED) is 0.687. The molecule has 1 rings (SSSR count). The molecule has 19 heavy (non-hydrogen) atoms. The molecule has 2 N–H and O–H groups in total. The molecule has 0 aromatic carbocycles. The molecule has 0 aliphatic carbocycles. The zero-order valence-corrected chi connectivity index (χ0v) is 11.5. The Morgan fingerprint density at radius 1 is 1.21 bits per heavy atom. The van der Waals surface area contributed by atoms with Gasteiger partial charge in [-0.25, -0.2) is 0 Å². The van der Waals surface area contributed by atoms with Crippen LogP contribution in [-0.4, -0.2) is 64.9 Å². The highest BCUT2D eigenvalue weighted by Crippen LogP contribution is 2.22. The van der Waals surface area contributed by atoms with Crippen LogP contribution >= 0.6 is 0 Å². The molecule has 0 amide bonds. The summed E-state index contributed by atoms with van der Waals surface area (Å²) in [5.41, 5.74) is 0. The Kier molecular flexibility index (Phi) is 5.27. The number of hydrogen-bond donors (Lipinski definition) is 2. The van der Waals surface area contributed by atoms with Crippen LogP contribution in [0.3, 0.4) is 0 Å². The lowest BCUT2D eigenvalue weighted by Gasteiger charge is -2.35. The highest BCUT2D eigenvalue weighted by Gasteiger charge is 2.36. The molecule has 8 nitrogen and oxygen atoms in total. The molecule has 1 aliphatic rings. The normalized spacial score (nSPS) is 21.5. The van der Waals surface area contributed by atoms with E-state index in [9.17, 15) is 18.0 Å². The zero-order valence-electron chi connectivity index (χ0n) is 10.7. The average Bonchev–Trinajstić information content (AvgIpc) is 2.27. The van der Waals surface area contributed by atoms with E-state index in [0.29, 0.717) is 23.7 Å². The molecule has 1 unspecified atom stereocenters. The Labute approximate surface area is 111 Å². The van der Waals surface area contributed by atoms with E-state index >= 15 is 0 Å². The highest BCUT2D eigenvalue weighted by atomic mass is 32.2. The summed E-state index contributed by atoms with van der Waals surface area (Å²) < 4.78 is 26.3. The van der Waals surface area contributed by atoms with Crippen LogP contribution < -0.4 is 0 Å². The third kappa shape index (κ3) is 4.15. The zero-order chi connectivity index (χ0) is 14.6. The molecule has 1 heterocycles. The predicted molar refractivity (Wildman–Crippen MR) is 65.8 cm³/mol. The first-order valence-corrected chi connectivity index (χ1v) is 7.35. The van der Waals surface area contributed by atoms with Crippen LogP contribution in [0.15, 0.2) is 0 Å². The maximum atomic E-state index is 12.3. The topological polar surface area (TPSA) is 115 Å². The molecule has 9 heteroatoms. The number of carboxylic acid groups (broad SMARTS) is 2. The van der Waals surface area contributed by atoms with E-state index in [-0.39, 0.29) is 6.04 Å². The van der Waals surface area contributed by atoms with Crippen molar-refractivity contribution in [1.82, 2.24) is 8.61 Å². The van der Waals surface area contributed by atoms with Gasteiger partial charge in [-0.15, -0.1) is 0 Å². The van der Waals surface area contributed by atoms with Gasteiger partial charge in [-0.05, 0) is 19.8 Å². The van der Waals surface area contributed by atoms with Crippen LogP contribution in [0.4, 0.5) is 0 Å². The summed E-state index contributed by atoms with van der Waals surface area (Å²) in [5.74, 6) is -2.76. The van der Waals surface area contributed by atoms with Gasteiger partial charge < -0.3 is 10.2 Å². The van der Waals surface area contributed by atoms with Crippen LogP contribution in [0.2, 0.25) is 0 Å². The summed E-state index contributed by atoms with van der Waals surface area (Å²) in [5, 5.41) is 17.4. The number of aliphatic carboxylic acids is 2. The number of nitrogens with zero attached hydrogens (tertiary/aromatic N) is 2. The summed E-state index contributed by atoms with van der Waals surface area (Å²) in [4.78, 5) is 21.4. The van der Waals surface area contributed by atoms with E-state index in [1.54, 1.807) is 6.92 Å². The summed E-state index contributed by atoms with van der Waals surface area (Å²) in [6, 6.07) is -0.246. The van der Waals surface area contributed by atoms with Crippen LogP contribution in [0.25, 0.3) is 0 Å². The predicted octanol–water partition coefficient (Wildman–Crippen LogP) is -0.423. The number of rotatable bonds is 6. The van der Waals surface area contributed by atoms with Gasteiger partial charge in [0.2, 0.25) is 0 Å². The van der Waals surface area contributed by atoms with Crippen molar-refractivity contribution in [3.05, 3.63) is 0 Å². The van der Waals surface area contributed by atoms with Crippen molar-refractivity contribution in [3.8, 4) is 0 Å². The van der Waals surface area contributed by atoms with Crippen LogP contribution in [-0.2, 0) is 19.8 Å². The first-order valence-electron chi connectivity index (χ1n) is 5.95. The largest absolute Gasteiger partial charge is 0.480 e. The van der Waals surface area contributed by atoms with E-state index in [2.05, 4.69) is 0 Å². The number of hydrogen-bond acceptors (Lipinski definition) is 4. The Balaban J connectivity index is 2.96. The molecular weight excluding hydrogens is 276 g/mol. The van der Waals surface area contributed by atoms with E-state index in [1.165, 1.54) is 4.31 Å². The van der Waals surface area contributed by atoms with Crippen LogP contribution in [0.5, 0.6) is 0 Å². The second-order valence-electron chi connectivity index (χ2n) is 4.52. The Bertz CT molecular complexity index is 433. The molecule has 0 aromatic heterocycles. The SMILES string of the molecule is CC1CCCCN1S(=O)(=O)N(CC(=O)O)CC(=O)O. The summed E-state index contributed by atoms with van der Waals surface area (Å²) >= 11 is 0. The minimum atomic E-state index is -4.06. The minimum absolute atomic E-state index is 0.246. The Morgan fingerprint density at radius 3 is 2.16 bits per heavy atom. The number of carboxylic acids is 2. The fourth-order valence-electron chi connectivity index (χ4n) is 2.08. The van der Waals surface area contributed by atoms with Crippen molar-refractivity contribution < 1.29 is 28.2 Å². The molecule has 0 saturated carbocycles. The van der Waals surface area contributed by atoms with Gasteiger partial charge in [0.25, 0.3) is 10.2 Å². The summed E-state index contributed by atoms with van der Waals surface area (Å²) in [6.07, 6.45) is 2.29. The lowest BCUT2D eigenvalue weighted by Crippen LogP contribution is -2.52. The van der Waals surface area contributed by atoms with E-state index < -0.39 is 35.2 Å². The smallest absolute Gasteiger partial charge is 0.318 e. The summed E-state index contributed by atoms with van der Waals surface area (Å²) in [7, 11) is -4.06. The van der Waals surface area contributed by atoms with E-state index in [1.807, 2.05) is 0 Å². The third-order valence-electron chi connectivity index (χ3n) is 2.99. The fraction of sp³-hybridized carbons (Fsp3) is 0.800. The van der Waals surface area contributed by atoms with Gasteiger partial charge in [0.1, 0.15) is 13.1 Å². The molecule has 0 radical (unpaired) electrons. The second-order valence-corrected chi connectivity index (χ2v) is 6.40. The molecular formula is C10H18N2O6S. The van der Waals surface area contributed by atoms with E-state index in [4.69, 9.17) is 10.2 Å². The summed E-state index contributed by atoms with van der Waals surface area (Å²) in [6.45, 7) is 0.325. The van der Waals surface area contributed by atoms with Crippen LogP contribution in [0.1, 0.15) is 26.2 Å². The molecule has 0 spiro atoms. The highest BCUT2D eigenvalue weighted by molar-refractivity contribution is 7.86. The molecule has 0 bridgehead atoms. The van der Waals surface area contributed by atoms with Crippen molar-refractivity contribution >= 4 is 22.1 Å². The second kappa shape index (κ2) is 6.31. The van der Waals surface area contributed by atoms with Gasteiger partial charge in [0.15, 0.2) is 0 Å². The van der Waals surface area contributed by atoms with Crippen molar-refractivity contribution in [1.29, 1.82) is 0 Å². The lowest BCUT2D eigenvalue weighted by molar-refractivity contribution is -0.139. The van der Waals surface area contributed by atoms with Gasteiger partial charge in [-0.1, -0.05) is 6.42 Å². The van der Waals surface area contributed by atoms with Gasteiger partial charge in [-0.3, -0.25) is 9.59 Å². The van der Waals surface area contributed by atoms with Gasteiger partial charge in [0.05, 0.1) is 0 Å². The lowest BCUT2D eigenvalue weighted by atomic mass is 10.1. The first kappa shape index (κ1) is 15.9. The maximum Gasteiger partial charge on any atom is 0.318 e. The monoisotopic (exact) mass is 294 g/mol. The fourth-order valence-corrected chi connectivity index (χ4v) is 3.85. The Hall–Kier alpha value is -1.19. The molecule has 0 aromatic rings. The molecule has 1 saturated heterocycles. The Morgan fingerprint density at radius 2 is 1.74 bits per heavy atom. The van der Waals surface area contributed by atoms with Gasteiger partial charge in [0, 0.05) is 12.6 Å². The van der Waals surface area contributed by atoms with E-state index in [0.717, 1.165) is 6.42 Å². The number of piperidine rings is 1. The first-order chi connectivity index (χ1) is 8.75. The molecule has 1 atom stereocenters. The maximum absolute atomic E-state index is 12.3. The standard InChI is InChI=1S/C10H18N2O6S/c1-8-4-2-3-5-12(8)19(17,18)11(6-9(13)14)7-10(15)16/h8H,2-7H2,1H3,(H,13,14)(H,15,16). The third-order valence-corrected chi connectivity index (χ3v) is 5.03. The van der Waals surface area contributed by atoms with Crippen molar-refractivity contribution in [2.45, 2.75) is 32.2 Å². The van der Waals surface area contributed by atoms with Crippen molar-refractivity contribution in [2.24, 2.45) is 0 Å². The average molecular weight is 294 g/mol. The van der Waals surface area contributed by atoms with Crippen molar-refractivity contribution in [2.75, 3.05) is 19.6 Å². The number of carbonyl (C=O) groups is 2.